The van der Waals surface area contributed by atoms with Crippen LogP contribution in [0.4, 0.5) is 14.9 Å². The molecule has 0 unspecified atom stereocenters. The summed E-state index contributed by atoms with van der Waals surface area (Å²) in [6.45, 7) is 0.339. The van der Waals surface area contributed by atoms with Crippen molar-refractivity contribution in [3.05, 3.63) is 89.4 Å². The van der Waals surface area contributed by atoms with Crippen molar-refractivity contribution < 1.29 is 28.6 Å². The molecule has 10 heteroatoms. The van der Waals surface area contributed by atoms with Gasteiger partial charge in [-0.3, -0.25) is 4.79 Å². The van der Waals surface area contributed by atoms with Gasteiger partial charge in [0.15, 0.2) is 11.5 Å². The number of benzene rings is 3. The molecule has 1 aromatic heterocycles. The van der Waals surface area contributed by atoms with Crippen LogP contribution in [-0.2, 0) is 6.54 Å². The minimum Gasteiger partial charge on any atom is -0.507 e. The second-order valence-corrected chi connectivity index (χ2v) is 9.53. The average Bonchev–Trinajstić information content (AvgIpc) is 3.54. The van der Waals surface area contributed by atoms with Gasteiger partial charge in [-0.25, -0.2) is 9.18 Å². The van der Waals surface area contributed by atoms with Crippen LogP contribution in [0.3, 0.4) is 0 Å². The van der Waals surface area contributed by atoms with Gasteiger partial charge in [0.05, 0.1) is 11.4 Å². The minimum absolute atomic E-state index is 0.0879. The van der Waals surface area contributed by atoms with Crippen LogP contribution in [0.5, 0.6) is 17.2 Å². The van der Waals surface area contributed by atoms with Gasteiger partial charge in [0.1, 0.15) is 11.6 Å². The third kappa shape index (κ3) is 5.00. The van der Waals surface area contributed by atoms with Gasteiger partial charge in [-0.2, -0.15) is 9.78 Å². The summed E-state index contributed by atoms with van der Waals surface area (Å²) in [6, 6.07) is 17.0. The van der Waals surface area contributed by atoms with Gasteiger partial charge in [-0.15, -0.1) is 0 Å². The zero-order chi connectivity index (χ0) is 26.9. The maximum Gasteiger partial charge on any atom is 0.342 e. The van der Waals surface area contributed by atoms with Crippen LogP contribution < -0.4 is 20.1 Å². The summed E-state index contributed by atoms with van der Waals surface area (Å²) in [6.07, 6.45) is 2.98. The third-order valence-electron chi connectivity index (χ3n) is 6.98. The number of hydrogen-bond donors (Lipinski definition) is 3. The van der Waals surface area contributed by atoms with E-state index in [1.807, 2.05) is 6.07 Å². The minimum atomic E-state index is -0.403. The molecule has 4 aromatic rings. The van der Waals surface area contributed by atoms with E-state index in [4.69, 9.17) is 9.47 Å². The number of fused-ring (bicyclic) bond motifs is 1. The predicted molar refractivity (Wildman–Crippen MR) is 140 cm³/mol. The topological polar surface area (TPSA) is 115 Å². The third-order valence-corrected chi connectivity index (χ3v) is 6.98. The summed E-state index contributed by atoms with van der Waals surface area (Å²) in [5.74, 6) is 0.487. The lowest BCUT2D eigenvalue weighted by Crippen LogP contribution is -2.31. The van der Waals surface area contributed by atoms with E-state index in [-0.39, 0.29) is 36.7 Å². The molecular weight excluding hydrogens is 503 g/mol. The zero-order valence-electron chi connectivity index (χ0n) is 20.8. The summed E-state index contributed by atoms with van der Waals surface area (Å²) in [4.78, 5) is 25.8. The van der Waals surface area contributed by atoms with Crippen LogP contribution in [0.25, 0.3) is 11.3 Å². The van der Waals surface area contributed by atoms with Crippen molar-refractivity contribution >= 4 is 17.6 Å². The molecule has 1 saturated carbocycles. The fourth-order valence-corrected chi connectivity index (χ4v) is 4.61. The first-order valence-corrected chi connectivity index (χ1v) is 12.6. The molecule has 0 bridgehead atoms. The molecule has 0 spiro atoms. The number of phenolic OH excluding ortho intramolecular Hbond substituents is 1. The summed E-state index contributed by atoms with van der Waals surface area (Å²) in [5, 5.41) is 20.9. The Hall–Kier alpha value is -4.86. The van der Waals surface area contributed by atoms with Crippen LogP contribution in [0.2, 0.25) is 0 Å². The predicted octanol–water partition coefficient (Wildman–Crippen LogP) is 5.40. The Bertz CT molecular complexity index is 1560. The van der Waals surface area contributed by atoms with Crippen LogP contribution in [0, 0.1) is 5.82 Å². The highest BCUT2D eigenvalue weighted by Gasteiger charge is 2.27. The number of ether oxygens (including phenoxy) is 2. The Balaban J connectivity index is 1.20. The molecule has 0 saturated heterocycles. The molecule has 3 aromatic carbocycles. The number of carbonyl (C=O) groups is 2. The van der Waals surface area contributed by atoms with Gasteiger partial charge >= 0.3 is 6.03 Å². The highest BCUT2D eigenvalue weighted by atomic mass is 19.1. The van der Waals surface area contributed by atoms with Crippen molar-refractivity contribution in [3.8, 4) is 28.5 Å². The van der Waals surface area contributed by atoms with Crippen molar-refractivity contribution in [1.29, 1.82) is 0 Å². The molecule has 0 radical (unpaired) electrons. The number of anilines is 1. The van der Waals surface area contributed by atoms with Gasteiger partial charge < -0.3 is 25.2 Å². The number of carbonyl (C=O) groups excluding carboxylic acids is 2. The first-order valence-electron chi connectivity index (χ1n) is 12.6. The number of aromatic nitrogens is 2. The van der Waals surface area contributed by atoms with Crippen molar-refractivity contribution in [2.45, 2.75) is 31.7 Å². The number of nitrogens with one attached hydrogen (secondary N) is 2. The van der Waals surface area contributed by atoms with E-state index in [9.17, 15) is 19.1 Å². The van der Waals surface area contributed by atoms with Gasteiger partial charge in [0.2, 0.25) is 6.79 Å². The average molecular weight is 529 g/mol. The number of aromatic hydroxyl groups is 1. The SMILES string of the molecule is O=C(Nc1ccc(-c2cc(C3CCC3)n(C(=O)NCc3ccc(F)cc3)n2)c(O)c1)c1ccc2c(c1)OCO2. The number of amides is 2. The molecular formula is C29H25FN4O5. The fourth-order valence-electron chi connectivity index (χ4n) is 4.61. The number of hydrogen-bond acceptors (Lipinski definition) is 6. The smallest absolute Gasteiger partial charge is 0.342 e. The largest absolute Gasteiger partial charge is 0.507 e. The Morgan fingerprint density at radius 1 is 1.00 bits per heavy atom. The normalized spacial score (nSPS) is 14.1. The van der Waals surface area contributed by atoms with Gasteiger partial charge in [-0.05, 0) is 66.9 Å². The Morgan fingerprint density at radius 2 is 1.79 bits per heavy atom. The lowest BCUT2D eigenvalue weighted by molar-refractivity contribution is 0.102. The quantitative estimate of drug-likeness (QED) is 0.309. The number of rotatable bonds is 6. The second kappa shape index (κ2) is 10.1. The van der Waals surface area contributed by atoms with E-state index in [1.54, 1.807) is 42.5 Å². The van der Waals surface area contributed by atoms with E-state index in [1.165, 1.54) is 22.9 Å². The molecule has 2 heterocycles. The lowest BCUT2D eigenvalue weighted by Gasteiger charge is -2.25. The highest BCUT2D eigenvalue weighted by molar-refractivity contribution is 6.05. The van der Waals surface area contributed by atoms with Crippen molar-refractivity contribution in [1.82, 2.24) is 15.1 Å². The van der Waals surface area contributed by atoms with Crippen molar-refractivity contribution in [2.75, 3.05) is 12.1 Å². The molecule has 198 valence electrons. The second-order valence-electron chi connectivity index (χ2n) is 9.53. The monoisotopic (exact) mass is 528 g/mol. The van der Waals surface area contributed by atoms with Crippen molar-refractivity contribution in [3.63, 3.8) is 0 Å². The summed E-state index contributed by atoms with van der Waals surface area (Å²) in [7, 11) is 0. The molecule has 2 amide bonds. The molecule has 0 atom stereocenters. The van der Waals surface area contributed by atoms with E-state index in [0.717, 1.165) is 30.5 Å². The Morgan fingerprint density at radius 3 is 2.54 bits per heavy atom. The van der Waals surface area contributed by atoms with Crippen molar-refractivity contribution in [2.24, 2.45) is 0 Å². The molecule has 6 rings (SSSR count). The fraction of sp³-hybridized carbons (Fsp3) is 0.207. The Kier molecular flexibility index (Phi) is 6.36. The summed E-state index contributed by atoms with van der Waals surface area (Å²) >= 11 is 0. The molecule has 1 fully saturated rings. The van der Waals surface area contributed by atoms with E-state index in [0.29, 0.717) is 34.0 Å². The number of halogens is 1. The molecule has 39 heavy (non-hydrogen) atoms. The highest BCUT2D eigenvalue weighted by Crippen LogP contribution is 2.39. The van der Waals surface area contributed by atoms with E-state index >= 15 is 0 Å². The van der Waals surface area contributed by atoms with Gasteiger partial charge in [-0.1, -0.05) is 18.6 Å². The maximum atomic E-state index is 13.2. The van der Waals surface area contributed by atoms with E-state index < -0.39 is 6.03 Å². The lowest BCUT2D eigenvalue weighted by atomic mass is 9.82. The number of phenols is 1. The Labute approximate surface area is 223 Å². The summed E-state index contributed by atoms with van der Waals surface area (Å²) < 4.78 is 25.1. The van der Waals surface area contributed by atoms with Crippen LogP contribution in [-0.4, -0.2) is 33.6 Å². The molecule has 3 N–H and O–H groups in total. The molecule has 1 aliphatic heterocycles. The molecule has 1 aliphatic carbocycles. The first-order chi connectivity index (χ1) is 18.9. The standard InChI is InChI=1S/C29H25FN4O5/c30-20-7-4-17(5-8-20)15-31-29(37)34-24(18-2-1-3-18)14-23(33-34)22-10-9-21(13-25(22)35)32-28(36)19-6-11-26-27(12-19)39-16-38-26/h4-14,18,35H,1-3,15-16H2,(H,31,37)(H,32,36). The molecule has 9 nitrogen and oxygen atoms in total. The van der Waals surface area contributed by atoms with Crippen LogP contribution in [0.1, 0.15) is 46.8 Å². The van der Waals surface area contributed by atoms with Crippen LogP contribution in [0.15, 0.2) is 66.7 Å². The van der Waals surface area contributed by atoms with Gasteiger partial charge in [0.25, 0.3) is 5.91 Å². The maximum absolute atomic E-state index is 13.2. The van der Waals surface area contributed by atoms with Gasteiger partial charge in [0, 0.05) is 35.3 Å². The first kappa shape index (κ1) is 24.5. The zero-order valence-corrected chi connectivity index (χ0v) is 20.8. The number of nitrogens with zero attached hydrogens (tertiary/aromatic N) is 2. The molecule has 2 aliphatic rings. The summed E-state index contributed by atoms with van der Waals surface area (Å²) in [5.41, 5.74) is 3.19. The van der Waals surface area contributed by atoms with Crippen LogP contribution >= 0.6 is 0 Å². The van der Waals surface area contributed by atoms with E-state index in [2.05, 4.69) is 15.7 Å².